The highest BCUT2D eigenvalue weighted by Gasteiger charge is 2.12. The molecule has 122 valence electrons. The highest BCUT2D eigenvalue weighted by molar-refractivity contribution is 7.98. The van der Waals surface area contributed by atoms with E-state index < -0.39 is 5.97 Å². The SMILES string of the molecule is Cc1nn(C)cc1C(=O)Nc1cccc(CSCCC(=O)O)c1. The molecule has 6 nitrogen and oxygen atoms in total. The van der Waals surface area contributed by atoms with Crippen LogP contribution in [-0.4, -0.2) is 32.5 Å². The van der Waals surface area contributed by atoms with E-state index in [1.165, 1.54) is 0 Å². The molecule has 2 N–H and O–H groups in total. The van der Waals surface area contributed by atoms with Gasteiger partial charge in [-0.1, -0.05) is 12.1 Å². The van der Waals surface area contributed by atoms with Gasteiger partial charge in [0.15, 0.2) is 0 Å². The lowest BCUT2D eigenvalue weighted by molar-refractivity contribution is -0.136. The molecule has 0 bridgehead atoms. The fraction of sp³-hybridized carbons (Fsp3) is 0.312. The van der Waals surface area contributed by atoms with Crippen LogP contribution < -0.4 is 5.32 Å². The Hall–Kier alpha value is -2.28. The molecule has 0 unspecified atom stereocenters. The van der Waals surface area contributed by atoms with Crippen LogP contribution in [0.25, 0.3) is 0 Å². The molecule has 0 aliphatic rings. The minimum absolute atomic E-state index is 0.154. The number of anilines is 1. The van der Waals surface area contributed by atoms with E-state index in [2.05, 4.69) is 10.4 Å². The number of rotatable bonds is 7. The van der Waals surface area contributed by atoms with Crippen molar-refractivity contribution in [1.82, 2.24) is 9.78 Å². The number of amides is 1. The molecule has 23 heavy (non-hydrogen) atoms. The van der Waals surface area contributed by atoms with E-state index in [0.29, 0.717) is 22.8 Å². The molecule has 0 spiro atoms. The van der Waals surface area contributed by atoms with Crippen molar-refractivity contribution in [3.05, 3.63) is 47.3 Å². The smallest absolute Gasteiger partial charge is 0.304 e. The number of nitrogens with one attached hydrogen (secondary N) is 1. The van der Waals surface area contributed by atoms with Crippen LogP contribution in [0.3, 0.4) is 0 Å². The molecule has 0 saturated heterocycles. The Morgan fingerprint density at radius 1 is 1.39 bits per heavy atom. The zero-order chi connectivity index (χ0) is 16.8. The van der Waals surface area contributed by atoms with Crippen molar-refractivity contribution >= 4 is 29.3 Å². The molecular weight excluding hydrogens is 314 g/mol. The summed E-state index contributed by atoms with van der Waals surface area (Å²) in [6, 6.07) is 7.56. The summed E-state index contributed by atoms with van der Waals surface area (Å²) in [5, 5.41) is 15.6. The third kappa shape index (κ3) is 5.14. The Labute approximate surface area is 138 Å². The van der Waals surface area contributed by atoms with Crippen LogP contribution in [0.4, 0.5) is 5.69 Å². The molecule has 2 aromatic rings. The standard InChI is InChI=1S/C16H19N3O3S/c1-11-14(9-19(2)18-11)16(22)17-13-5-3-4-12(8-13)10-23-7-6-15(20)21/h3-5,8-9H,6-7,10H2,1-2H3,(H,17,22)(H,20,21). The molecule has 1 heterocycles. The minimum atomic E-state index is -0.787. The highest BCUT2D eigenvalue weighted by atomic mass is 32.2. The zero-order valence-corrected chi connectivity index (χ0v) is 13.9. The normalized spacial score (nSPS) is 10.5. The van der Waals surface area contributed by atoms with Gasteiger partial charge in [0.05, 0.1) is 17.7 Å². The van der Waals surface area contributed by atoms with Crippen LogP contribution in [0, 0.1) is 6.92 Å². The number of hydrogen-bond donors (Lipinski definition) is 2. The maximum absolute atomic E-state index is 12.3. The van der Waals surface area contributed by atoms with E-state index in [0.717, 1.165) is 11.3 Å². The third-order valence-corrected chi connectivity index (χ3v) is 4.20. The number of carboxylic acids is 1. The Kier molecular flexibility index (Phi) is 5.81. The summed E-state index contributed by atoms with van der Waals surface area (Å²) in [7, 11) is 1.78. The van der Waals surface area contributed by atoms with Crippen molar-refractivity contribution in [3.63, 3.8) is 0 Å². The first-order valence-electron chi connectivity index (χ1n) is 7.16. The van der Waals surface area contributed by atoms with E-state index in [1.807, 2.05) is 24.3 Å². The van der Waals surface area contributed by atoms with Gasteiger partial charge in [-0.15, -0.1) is 0 Å². The molecule has 0 fully saturated rings. The summed E-state index contributed by atoms with van der Waals surface area (Å²) in [6.07, 6.45) is 1.84. The first kappa shape index (κ1) is 17.1. The van der Waals surface area contributed by atoms with Gasteiger partial charge in [-0.3, -0.25) is 14.3 Å². The average Bonchev–Trinajstić information content (AvgIpc) is 2.83. The fourth-order valence-electron chi connectivity index (χ4n) is 2.11. The van der Waals surface area contributed by atoms with E-state index in [4.69, 9.17) is 5.11 Å². The molecular formula is C16H19N3O3S. The van der Waals surface area contributed by atoms with Gasteiger partial charge in [0.1, 0.15) is 0 Å². The molecule has 0 atom stereocenters. The number of aromatic nitrogens is 2. The highest BCUT2D eigenvalue weighted by Crippen LogP contribution is 2.18. The van der Waals surface area contributed by atoms with Gasteiger partial charge in [0.25, 0.3) is 5.91 Å². The molecule has 1 aromatic heterocycles. The first-order chi connectivity index (χ1) is 11.0. The van der Waals surface area contributed by atoms with Crippen molar-refractivity contribution in [2.24, 2.45) is 7.05 Å². The van der Waals surface area contributed by atoms with Crippen LogP contribution in [0.1, 0.15) is 28.0 Å². The monoisotopic (exact) mass is 333 g/mol. The Morgan fingerprint density at radius 3 is 2.83 bits per heavy atom. The van der Waals surface area contributed by atoms with Crippen LogP contribution in [0.5, 0.6) is 0 Å². The first-order valence-corrected chi connectivity index (χ1v) is 8.31. The number of aliphatic carboxylic acids is 1. The van der Waals surface area contributed by atoms with Crippen molar-refractivity contribution in [2.45, 2.75) is 19.1 Å². The van der Waals surface area contributed by atoms with E-state index >= 15 is 0 Å². The van der Waals surface area contributed by atoms with E-state index in [9.17, 15) is 9.59 Å². The van der Waals surface area contributed by atoms with Crippen LogP contribution >= 0.6 is 11.8 Å². The summed E-state index contributed by atoms with van der Waals surface area (Å²) in [4.78, 5) is 22.7. The van der Waals surface area contributed by atoms with Gasteiger partial charge >= 0.3 is 5.97 Å². The lowest BCUT2D eigenvalue weighted by atomic mass is 10.2. The summed E-state index contributed by atoms with van der Waals surface area (Å²) in [6.45, 7) is 1.80. The van der Waals surface area contributed by atoms with Gasteiger partial charge in [-0.05, 0) is 24.6 Å². The van der Waals surface area contributed by atoms with Gasteiger partial charge in [-0.2, -0.15) is 16.9 Å². The maximum Gasteiger partial charge on any atom is 0.304 e. The molecule has 1 amide bonds. The van der Waals surface area contributed by atoms with Crippen molar-refractivity contribution < 1.29 is 14.7 Å². The number of carbonyl (C=O) groups excluding carboxylic acids is 1. The number of thioether (sulfide) groups is 1. The summed E-state index contributed by atoms with van der Waals surface area (Å²) in [5.41, 5.74) is 3.00. The molecule has 0 radical (unpaired) electrons. The van der Waals surface area contributed by atoms with Crippen molar-refractivity contribution in [2.75, 3.05) is 11.1 Å². The molecule has 1 aromatic carbocycles. The average molecular weight is 333 g/mol. The van der Waals surface area contributed by atoms with Crippen molar-refractivity contribution in [1.29, 1.82) is 0 Å². The molecule has 2 rings (SSSR count). The second-order valence-corrected chi connectivity index (χ2v) is 6.26. The Bertz CT molecular complexity index is 712. The summed E-state index contributed by atoms with van der Waals surface area (Å²) in [5.74, 6) is 0.306. The Morgan fingerprint density at radius 2 is 2.17 bits per heavy atom. The molecule has 0 aliphatic carbocycles. The molecule has 7 heteroatoms. The molecule has 0 saturated carbocycles. The number of hydrogen-bond acceptors (Lipinski definition) is 4. The quantitative estimate of drug-likeness (QED) is 0.761. The maximum atomic E-state index is 12.3. The Balaban J connectivity index is 1.95. The lowest BCUT2D eigenvalue weighted by Crippen LogP contribution is -2.12. The lowest BCUT2D eigenvalue weighted by Gasteiger charge is -2.07. The van der Waals surface area contributed by atoms with E-state index in [-0.39, 0.29) is 12.3 Å². The van der Waals surface area contributed by atoms with Crippen LogP contribution in [-0.2, 0) is 17.6 Å². The van der Waals surface area contributed by atoms with Crippen molar-refractivity contribution in [3.8, 4) is 0 Å². The topological polar surface area (TPSA) is 84.2 Å². The number of benzene rings is 1. The third-order valence-electron chi connectivity index (χ3n) is 3.17. The number of nitrogens with zero attached hydrogens (tertiary/aromatic N) is 2. The minimum Gasteiger partial charge on any atom is -0.481 e. The second-order valence-electron chi connectivity index (χ2n) is 5.15. The number of aryl methyl sites for hydroxylation is 2. The summed E-state index contributed by atoms with van der Waals surface area (Å²) < 4.78 is 1.61. The van der Waals surface area contributed by atoms with E-state index in [1.54, 1.807) is 36.6 Å². The van der Waals surface area contributed by atoms with Crippen LogP contribution in [0.2, 0.25) is 0 Å². The zero-order valence-electron chi connectivity index (χ0n) is 13.1. The predicted octanol–water partition coefficient (Wildman–Crippen LogP) is 2.69. The van der Waals surface area contributed by atoms with Gasteiger partial charge in [0, 0.05) is 30.4 Å². The predicted molar refractivity (Wildman–Crippen MR) is 90.8 cm³/mol. The number of carbonyl (C=O) groups is 2. The van der Waals surface area contributed by atoms with Crippen LogP contribution in [0.15, 0.2) is 30.5 Å². The van der Waals surface area contributed by atoms with Gasteiger partial charge in [0.2, 0.25) is 0 Å². The van der Waals surface area contributed by atoms with Gasteiger partial charge < -0.3 is 10.4 Å². The van der Waals surface area contributed by atoms with Gasteiger partial charge in [-0.25, -0.2) is 0 Å². The molecule has 0 aliphatic heterocycles. The fourth-order valence-corrected chi connectivity index (χ4v) is 2.99. The number of carboxylic acid groups (broad SMARTS) is 1. The largest absolute Gasteiger partial charge is 0.481 e. The second kappa shape index (κ2) is 7.82. The summed E-state index contributed by atoms with van der Waals surface area (Å²) >= 11 is 1.56.